The molecular formula is C12H22N4O2S. The molecule has 2 heterocycles. The Kier molecular flexibility index (Phi) is 4.27. The van der Waals surface area contributed by atoms with Crippen molar-refractivity contribution in [3.63, 3.8) is 0 Å². The first-order valence-corrected chi connectivity index (χ1v) is 8.07. The Morgan fingerprint density at radius 1 is 1.47 bits per heavy atom. The van der Waals surface area contributed by atoms with E-state index in [9.17, 15) is 8.42 Å². The van der Waals surface area contributed by atoms with Crippen LogP contribution in [0.2, 0.25) is 0 Å². The van der Waals surface area contributed by atoms with Gasteiger partial charge < -0.3 is 5.32 Å². The highest BCUT2D eigenvalue weighted by atomic mass is 32.2. The summed E-state index contributed by atoms with van der Waals surface area (Å²) in [5.41, 5.74) is 1.17. The van der Waals surface area contributed by atoms with Crippen molar-refractivity contribution in [1.82, 2.24) is 19.8 Å². The number of H-pyrrole nitrogens is 1. The summed E-state index contributed by atoms with van der Waals surface area (Å²) in [5, 5.41) is 9.87. The van der Waals surface area contributed by atoms with E-state index in [1.54, 1.807) is 18.2 Å². The lowest BCUT2D eigenvalue weighted by Gasteiger charge is -2.31. The molecule has 19 heavy (non-hydrogen) atoms. The number of piperidine rings is 1. The molecule has 1 aliphatic heterocycles. The summed E-state index contributed by atoms with van der Waals surface area (Å²) < 4.78 is 27.0. The molecule has 7 heteroatoms. The van der Waals surface area contributed by atoms with E-state index in [1.165, 1.54) is 0 Å². The third-order valence-corrected chi connectivity index (χ3v) is 5.76. The van der Waals surface area contributed by atoms with Gasteiger partial charge in [-0.25, -0.2) is 8.42 Å². The Balaban J connectivity index is 2.25. The van der Waals surface area contributed by atoms with Crippen LogP contribution in [0.4, 0.5) is 0 Å². The van der Waals surface area contributed by atoms with Gasteiger partial charge in [-0.1, -0.05) is 0 Å². The number of aryl methyl sites for hydroxylation is 2. The molecule has 1 saturated heterocycles. The van der Waals surface area contributed by atoms with E-state index in [0.29, 0.717) is 35.3 Å². The van der Waals surface area contributed by atoms with Crippen LogP contribution in [0.25, 0.3) is 0 Å². The van der Waals surface area contributed by atoms with Crippen molar-refractivity contribution in [3.8, 4) is 0 Å². The highest BCUT2D eigenvalue weighted by Crippen LogP contribution is 2.26. The van der Waals surface area contributed by atoms with Crippen LogP contribution in [0, 0.1) is 19.8 Å². The largest absolute Gasteiger partial charge is 0.319 e. The van der Waals surface area contributed by atoms with Crippen LogP contribution in [0.3, 0.4) is 0 Å². The zero-order valence-corrected chi connectivity index (χ0v) is 12.5. The fourth-order valence-corrected chi connectivity index (χ4v) is 4.64. The molecule has 0 saturated carbocycles. The highest BCUT2D eigenvalue weighted by Gasteiger charge is 2.33. The molecule has 0 aromatic carbocycles. The summed E-state index contributed by atoms with van der Waals surface area (Å²) >= 11 is 0. The lowest BCUT2D eigenvalue weighted by molar-refractivity contribution is 0.263. The van der Waals surface area contributed by atoms with Gasteiger partial charge in [0.2, 0.25) is 10.0 Å². The summed E-state index contributed by atoms with van der Waals surface area (Å²) in [5.74, 6) is 0.390. The van der Waals surface area contributed by atoms with Crippen molar-refractivity contribution in [2.24, 2.45) is 5.92 Å². The van der Waals surface area contributed by atoms with Gasteiger partial charge in [-0.2, -0.15) is 9.40 Å². The number of hydrogen-bond donors (Lipinski definition) is 2. The van der Waals surface area contributed by atoms with Crippen molar-refractivity contribution in [1.29, 1.82) is 0 Å². The molecule has 1 aromatic heterocycles. The smallest absolute Gasteiger partial charge is 0.246 e. The Hall–Kier alpha value is -0.920. The molecule has 1 aromatic rings. The third kappa shape index (κ3) is 2.82. The second-order valence-electron chi connectivity index (χ2n) is 5.19. The predicted molar refractivity (Wildman–Crippen MR) is 73.5 cm³/mol. The van der Waals surface area contributed by atoms with Crippen LogP contribution in [-0.2, 0) is 10.0 Å². The van der Waals surface area contributed by atoms with Gasteiger partial charge in [0, 0.05) is 13.1 Å². The molecule has 0 bridgehead atoms. The second kappa shape index (κ2) is 5.60. The first kappa shape index (κ1) is 14.5. The molecule has 2 N–H and O–H groups in total. The molecule has 1 aliphatic rings. The highest BCUT2D eigenvalue weighted by molar-refractivity contribution is 7.89. The Labute approximate surface area is 114 Å². The number of rotatable bonds is 4. The van der Waals surface area contributed by atoms with E-state index >= 15 is 0 Å². The van der Waals surface area contributed by atoms with Gasteiger partial charge in [0.05, 0.1) is 11.4 Å². The summed E-state index contributed by atoms with van der Waals surface area (Å²) in [6.07, 6.45) is 2.00. The predicted octanol–water partition coefficient (Wildman–Crippen LogP) is 0.647. The number of hydrogen-bond acceptors (Lipinski definition) is 4. The molecule has 0 radical (unpaired) electrons. The Bertz CT molecular complexity index is 516. The second-order valence-corrected chi connectivity index (χ2v) is 7.07. The van der Waals surface area contributed by atoms with Gasteiger partial charge in [0.25, 0.3) is 0 Å². The monoisotopic (exact) mass is 286 g/mol. The SMILES string of the molecule is CNC[C@H]1CCCN(S(=O)(=O)c2c(C)n[nH]c2C)C1. The summed E-state index contributed by atoms with van der Waals surface area (Å²) in [7, 11) is -1.52. The van der Waals surface area contributed by atoms with Crippen LogP contribution in [0.15, 0.2) is 4.90 Å². The van der Waals surface area contributed by atoms with Gasteiger partial charge in [-0.05, 0) is 46.2 Å². The van der Waals surface area contributed by atoms with Crippen LogP contribution in [0.5, 0.6) is 0 Å². The summed E-state index contributed by atoms with van der Waals surface area (Å²) in [6, 6.07) is 0. The molecule has 0 spiro atoms. The average molecular weight is 286 g/mol. The number of aromatic nitrogens is 2. The molecule has 0 unspecified atom stereocenters. The van der Waals surface area contributed by atoms with Crippen LogP contribution in [-0.4, -0.2) is 49.6 Å². The number of nitrogens with zero attached hydrogens (tertiary/aromatic N) is 2. The van der Waals surface area contributed by atoms with Crippen molar-refractivity contribution in [3.05, 3.63) is 11.4 Å². The Morgan fingerprint density at radius 2 is 2.21 bits per heavy atom. The number of aromatic amines is 1. The first-order valence-electron chi connectivity index (χ1n) is 6.63. The molecular weight excluding hydrogens is 264 g/mol. The lowest BCUT2D eigenvalue weighted by atomic mass is 10.00. The van der Waals surface area contributed by atoms with E-state index in [1.807, 2.05) is 7.05 Å². The third-order valence-electron chi connectivity index (χ3n) is 3.63. The van der Waals surface area contributed by atoms with Crippen molar-refractivity contribution >= 4 is 10.0 Å². The summed E-state index contributed by atoms with van der Waals surface area (Å²) in [6.45, 7) is 5.53. The molecule has 6 nitrogen and oxygen atoms in total. The van der Waals surface area contributed by atoms with Crippen molar-refractivity contribution < 1.29 is 8.42 Å². The van der Waals surface area contributed by atoms with Gasteiger partial charge in [-0.3, -0.25) is 5.10 Å². The van der Waals surface area contributed by atoms with E-state index in [4.69, 9.17) is 0 Å². The van der Waals surface area contributed by atoms with Gasteiger partial charge in [0.15, 0.2) is 0 Å². The standard InChI is InChI=1S/C12H22N4O2S/c1-9-12(10(2)15-14-9)19(17,18)16-6-4-5-11(8-16)7-13-3/h11,13H,4-8H2,1-3H3,(H,14,15)/t11-/m1/s1. The first-order chi connectivity index (χ1) is 8.96. The van der Waals surface area contributed by atoms with Gasteiger partial charge in [0.1, 0.15) is 4.90 Å². The maximum Gasteiger partial charge on any atom is 0.246 e. The van der Waals surface area contributed by atoms with E-state index < -0.39 is 10.0 Å². The number of sulfonamides is 1. The number of nitrogens with one attached hydrogen (secondary N) is 2. The molecule has 1 atom stereocenters. The lowest BCUT2D eigenvalue weighted by Crippen LogP contribution is -2.42. The minimum Gasteiger partial charge on any atom is -0.319 e. The van der Waals surface area contributed by atoms with Crippen LogP contribution in [0.1, 0.15) is 24.2 Å². The van der Waals surface area contributed by atoms with Crippen LogP contribution >= 0.6 is 0 Å². The normalized spacial score (nSPS) is 21.7. The van der Waals surface area contributed by atoms with Crippen molar-refractivity contribution in [2.45, 2.75) is 31.6 Å². The topological polar surface area (TPSA) is 78.1 Å². The summed E-state index contributed by atoms with van der Waals surface area (Å²) in [4.78, 5) is 0.345. The fraction of sp³-hybridized carbons (Fsp3) is 0.750. The van der Waals surface area contributed by atoms with Gasteiger partial charge >= 0.3 is 0 Å². The molecule has 0 aliphatic carbocycles. The molecule has 2 rings (SSSR count). The fourth-order valence-electron chi connectivity index (χ4n) is 2.75. The van der Waals surface area contributed by atoms with Crippen molar-refractivity contribution in [2.75, 3.05) is 26.7 Å². The molecule has 108 valence electrons. The van der Waals surface area contributed by atoms with E-state index in [-0.39, 0.29) is 0 Å². The minimum atomic E-state index is -3.42. The molecule has 1 fully saturated rings. The minimum absolute atomic E-state index is 0.345. The zero-order chi connectivity index (χ0) is 14.0. The van der Waals surface area contributed by atoms with E-state index in [0.717, 1.165) is 19.4 Å². The zero-order valence-electron chi connectivity index (χ0n) is 11.7. The maximum absolute atomic E-state index is 12.7. The maximum atomic E-state index is 12.7. The van der Waals surface area contributed by atoms with Crippen LogP contribution < -0.4 is 5.32 Å². The quantitative estimate of drug-likeness (QED) is 0.852. The molecule has 0 amide bonds. The van der Waals surface area contributed by atoms with Gasteiger partial charge in [-0.15, -0.1) is 0 Å². The Morgan fingerprint density at radius 3 is 2.79 bits per heavy atom. The van der Waals surface area contributed by atoms with E-state index in [2.05, 4.69) is 15.5 Å². The average Bonchev–Trinajstić information content (AvgIpc) is 2.70.